The predicted octanol–water partition coefficient (Wildman–Crippen LogP) is 3.83. The molecule has 2 aromatic heterocycles. The normalized spacial score (nSPS) is 23.2. The molecule has 1 fully saturated rings. The molecule has 1 aliphatic carbocycles. The van der Waals surface area contributed by atoms with E-state index in [0.717, 1.165) is 53.4 Å². The van der Waals surface area contributed by atoms with Gasteiger partial charge in [-0.2, -0.15) is 5.26 Å². The Labute approximate surface area is 134 Å². The van der Waals surface area contributed by atoms with Gasteiger partial charge in [0.2, 0.25) is 0 Å². The van der Waals surface area contributed by atoms with Gasteiger partial charge in [0.15, 0.2) is 0 Å². The average molecular weight is 308 g/mol. The van der Waals surface area contributed by atoms with Crippen LogP contribution in [0.5, 0.6) is 0 Å². The number of aromatic nitrogens is 3. The first-order valence-electron chi connectivity index (χ1n) is 8.24. The van der Waals surface area contributed by atoms with Gasteiger partial charge in [-0.1, -0.05) is 0 Å². The number of hydrogen-bond donors (Lipinski definition) is 2. The Morgan fingerprint density at radius 2 is 2.09 bits per heavy atom. The molecule has 0 spiro atoms. The molecule has 2 N–H and O–H groups in total. The number of nitriles is 1. The Hall–Kier alpha value is -2.32. The average Bonchev–Trinajstić information content (AvgIpc) is 3.18. The second-order valence-corrected chi connectivity index (χ2v) is 6.52. The number of aliphatic hydroxyl groups is 1. The van der Waals surface area contributed by atoms with Gasteiger partial charge in [0.25, 0.3) is 0 Å². The molecule has 1 aromatic carbocycles. The Morgan fingerprint density at radius 3 is 2.78 bits per heavy atom. The van der Waals surface area contributed by atoms with Gasteiger partial charge in [0.1, 0.15) is 11.9 Å². The molecule has 1 saturated carbocycles. The van der Waals surface area contributed by atoms with E-state index in [4.69, 9.17) is 10.2 Å². The molecule has 0 amide bonds. The molecule has 2 heterocycles. The Balaban J connectivity index is 1.90. The zero-order valence-corrected chi connectivity index (χ0v) is 13.2. The minimum absolute atomic E-state index is 0.170. The van der Waals surface area contributed by atoms with E-state index < -0.39 is 6.10 Å². The van der Waals surface area contributed by atoms with Crippen LogP contribution in [0.4, 0.5) is 0 Å². The summed E-state index contributed by atoms with van der Waals surface area (Å²) in [5.41, 5.74) is 3.11. The molecular formula is C18H20N4O. The van der Waals surface area contributed by atoms with Crippen LogP contribution in [0, 0.1) is 17.2 Å². The number of rotatable bonds is 2. The maximum atomic E-state index is 10.2. The number of benzene rings is 1. The zero-order valence-electron chi connectivity index (χ0n) is 13.2. The molecule has 23 heavy (non-hydrogen) atoms. The monoisotopic (exact) mass is 308 g/mol. The highest BCUT2D eigenvalue weighted by atomic mass is 16.3. The van der Waals surface area contributed by atoms with Gasteiger partial charge in [0.05, 0.1) is 17.1 Å². The van der Waals surface area contributed by atoms with Crippen LogP contribution in [0.2, 0.25) is 0 Å². The number of aromatic amines is 1. The van der Waals surface area contributed by atoms with Crippen LogP contribution in [-0.4, -0.2) is 19.6 Å². The molecule has 1 atom stereocenters. The molecule has 3 aromatic rings. The topological polar surface area (TPSA) is 77.6 Å². The summed E-state index contributed by atoms with van der Waals surface area (Å²) in [6, 6.07) is 8.81. The van der Waals surface area contributed by atoms with Crippen LogP contribution in [0.25, 0.3) is 21.9 Å². The second-order valence-electron chi connectivity index (χ2n) is 6.52. The van der Waals surface area contributed by atoms with Crippen molar-refractivity contribution in [2.75, 3.05) is 0 Å². The maximum absolute atomic E-state index is 10.2. The molecule has 0 bridgehead atoms. The lowest BCUT2D eigenvalue weighted by molar-refractivity contribution is 0.177. The van der Waals surface area contributed by atoms with Crippen molar-refractivity contribution >= 4 is 21.9 Å². The number of aliphatic hydroxyl groups excluding tert-OH is 1. The SMILES string of the molecule is C[C@H](O)c1nc2ccc3[nH]ccc3c2n1C1CCC(C#N)CC1. The number of imidazole rings is 1. The summed E-state index contributed by atoms with van der Waals surface area (Å²) in [6.45, 7) is 1.77. The minimum atomic E-state index is -0.606. The van der Waals surface area contributed by atoms with Crippen molar-refractivity contribution in [2.45, 2.75) is 44.8 Å². The van der Waals surface area contributed by atoms with E-state index in [9.17, 15) is 5.11 Å². The highest BCUT2D eigenvalue weighted by Crippen LogP contribution is 2.38. The van der Waals surface area contributed by atoms with E-state index in [1.807, 2.05) is 18.3 Å². The van der Waals surface area contributed by atoms with Crippen molar-refractivity contribution in [3.8, 4) is 6.07 Å². The second kappa shape index (κ2) is 5.39. The van der Waals surface area contributed by atoms with Crippen molar-refractivity contribution in [3.63, 3.8) is 0 Å². The first kappa shape index (κ1) is 14.3. The van der Waals surface area contributed by atoms with Crippen molar-refractivity contribution in [2.24, 2.45) is 5.92 Å². The first-order chi connectivity index (χ1) is 11.2. The largest absolute Gasteiger partial charge is 0.385 e. The van der Waals surface area contributed by atoms with Crippen LogP contribution < -0.4 is 0 Å². The molecule has 5 heteroatoms. The summed E-state index contributed by atoms with van der Waals surface area (Å²) in [6.07, 6.45) is 5.10. The Kier molecular flexibility index (Phi) is 3.35. The van der Waals surface area contributed by atoms with Crippen molar-refractivity contribution in [1.82, 2.24) is 14.5 Å². The van der Waals surface area contributed by atoms with Gasteiger partial charge in [-0.25, -0.2) is 4.98 Å². The van der Waals surface area contributed by atoms with Crippen LogP contribution in [0.3, 0.4) is 0 Å². The smallest absolute Gasteiger partial charge is 0.138 e. The molecule has 5 nitrogen and oxygen atoms in total. The molecule has 0 radical (unpaired) electrons. The van der Waals surface area contributed by atoms with E-state index in [2.05, 4.69) is 21.7 Å². The Bertz CT molecular complexity index is 891. The molecular weight excluding hydrogens is 288 g/mol. The number of fused-ring (bicyclic) bond motifs is 3. The summed E-state index contributed by atoms with van der Waals surface area (Å²) in [5.74, 6) is 0.900. The van der Waals surface area contributed by atoms with E-state index in [-0.39, 0.29) is 5.92 Å². The third-order valence-corrected chi connectivity index (χ3v) is 5.03. The summed E-state index contributed by atoms with van der Waals surface area (Å²) >= 11 is 0. The lowest BCUT2D eigenvalue weighted by Gasteiger charge is -2.28. The third kappa shape index (κ3) is 2.22. The summed E-state index contributed by atoms with van der Waals surface area (Å²) < 4.78 is 2.23. The van der Waals surface area contributed by atoms with E-state index in [1.54, 1.807) is 6.92 Å². The highest BCUT2D eigenvalue weighted by molar-refractivity contribution is 6.03. The van der Waals surface area contributed by atoms with Crippen LogP contribution in [0.15, 0.2) is 24.4 Å². The third-order valence-electron chi connectivity index (χ3n) is 5.03. The molecule has 4 rings (SSSR count). The first-order valence-corrected chi connectivity index (χ1v) is 8.24. The summed E-state index contributed by atoms with van der Waals surface area (Å²) in [7, 11) is 0. The van der Waals surface area contributed by atoms with Gasteiger partial charge in [-0.05, 0) is 50.8 Å². The fourth-order valence-corrected chi connectivity index (χ4v) is 3.87. The van der Waals surface area contributed by atoms with Crippen LogP contribution in [0.1, 0.15) is 50.6 Å². The molecule has 0 saturated heterocycles. The lowest BCUT2D eigenvalue weighted by atomic mass is 9.86. The van der Waals surface area contributed by atoms with Gasteiger partial charge >= 0.3 is 0 Å². The molecule has 0 unspecified atom stereocenters. The van der Waals surface area contributed by atoms with E-state index in [1.165, 1.54) is 0 Å². The maximum Gasteiger partial charge on any atom is 0.138 e. The van der Waals surface area contributed by atoms with Gasteiger partial charge < -0.3 is 14.7 Å². The van der Waals surface area contributed by atoms with Gasteiger partial charge in [0, 0.05) is 29.1 Å². The quantitative estimate of drug-likeness (QED) is 0.755. The number of hydrogen-bond acceptors (Lipinski definition) is 3. The fraction of sp³-hybridized carbons (Fsp3) is 0.444. The summed E-state index contributed by atoms with van der Waals surface area (Å²) in [5, 5.41) is 20.5. The fourth-order valence-electron chi connectivity index (χ4n) is 3.87. The van der Waals surface area contributed by atoms with E-state index in [0.29, 0.717) is 6.04 Å². The standard InChI is InChI=1S/C18H20N4O/c1-11(23)18-21-16-7-6-15-14(8-9-20-15)17(16)22(18)13-4-2-12(10-19)3-5-13/h6-9,11-13,20,23H,2-5H2,1H3/t11-,12?,13?/m0/s1. The highest BCUT2D eigenvalue weighted by Gasteiger charge is 2.27. The number of nitrogens with zero attached hydrogens (tertiary/aromatic N) is 3. The number of nitrogens with one attached hydrogen (secondary N) is 1. The zero-order chi connectivity index (χ0) is 16.0. The number of H-pyrrole nitrogens is 1. The molecule has 118 valence electrons. The Morgan fingerprint density at radius 1 is 1.30 bits per heavy atom. The lowest BCUT2D eigenvalue weighted by Crippen LogP contribution is -2.20. The van der Waals surface area contributed by atoms with Gasteiger partial charge in [-0.3, -0.25) is 0 Å². The predicted molar refractivity (Wildman–Crippen MR) is 88.8 cm³/mol. The van der Waals surface area contributed by atoms with Crippen LogP contribution in [-0.2, 0) is 0 Å². The van der Waals surface area contributed by atoms with Crippen molar-refractivity contribution < 1.29 is 5.11 Å². The summed E-state index contributed by atoms with van der Waals surface area (Å²) in [4.78, 5) is 7.94. The van der Waals surface area contributed by atoms with Crippen LogP contribution >= 0.6 is 0 Å². The molecule has 1 aliphatic rings. The molecule has 0 aliphatic heterocycles. The minimum Gasteiger partial charge on any atom is -0.385 e. The van der Waals surface area contributed by atoms with Crippen molar-refractivity contribution in [3.05, 3.63) is 30.2 Å². The van der Waals surface area contributed by atoms with Gasteiger partial charge in [-0.15, -0.1) is 0 Å². The van der Waals surface area contributed by atoms with E-state index >= 15 is 0 Å². The van der Waals surface area contributed by atoms with Crippen molar-refractivity contribution in [1.29, 1.82) is 5.26 Å².